The highest BCUT2D eigenvalue weighted by Crippen LogP contribution is 2.19. The third-order valence-electron chi connectivity index (χ3n) is 5.14. The van der Waals surface area contributed by atoms with Gasteiger partial charge in [0.15, 0.2) is 5.96 Å². The third-order valence-corrected chi connectivity index (χ3v) is 5.14. The molecule has 0 saturated carbocycles. The van der Waals surface area contributed by atoms with E-state index < -0.39 is 0 Å². The van der Waals surface area contributed by atoms with Gasteiger partial charge in [-0.2, -0.15) is 0 Å². The molecule has 5 heteroatoms. The topological polar surface area (TPSA) is 53.9 Å². The van der Waals surface area contributed by atoms with Gasteiger partial charge in [0.1, 0.15) is 0 Å². The van der Waals surface area contributed by atoms with Crippen molar-refractivity contribution in [3.63, 3.8) is 0 Å². The second-order valence-corrected chi connectivity index (χ2v) is 6.95. The minimum atomic E-state index is -0.0899. The van der Waals surface area contributed by atoms with E-state index in [-0.39, 0.29) is 11.9 Å². The molecule has 1 aliphatic heterocycles. The molecule has 1 aliphatic rings. The van der Waals surface area contributed by atoms with Crippen LogP contribution in [0.5, 0.6) is 0 Å². The molecule has 1 N–H and O–H groups in total. The SMILES string of the molecule is CCNC(=NCCc1ccc2ccccc2c1)N1CCC(C(=O)OC)CC1. The molecule has 0 spiro atoms. The average molecular weight is 367 g/mol. The Balaban J connectivity index is 1.59. The predicted octanol–water partition coefficient (Wildman–Crippen LogP) is 3.23. The molecule has 0 aliphatic carbocycles. The molecule has 0 unspecified atom stereocenters. The quantitative estimate of drug-likeness (QED) is 0.501. The number of aliphatic imine (C=N–C) groups is 1. The van der Waals surface area contributed by atoms with Crippen LogP contribution in [0.4, 0.5) is 0 Å². The van der Waals surface area contributed by atoms with Gasteiger partial charge in [-0.25, -0.2) is 0 Å². The van der Waals surface area contributed by atoms with Gasteiger partial charge in [0.05, 0.1) is 13.0 Å². The number of carbonyl (C=O) groups is 1. The molecule has 0 bridgehead atoms. The van der Waals surface area contributed by atoms with Gasteiger partial charge in [-0.15, -0.1) is 0 Å². The molecule has 0 amide bonds. The van der Waals surface area contributed by atoms with Gasteiger partial charge in [0.25, 0.3) is 0 Å². The van der Waals surface area contributed by atoms with Crippen LogP contribution in [0.15, 0.2) is 47.5 Å². The van der Waals surface area contributed by atoms with Crippen molar-refractivity contribution < 1.29 is 9.53 Å². The summed E-state index contributed by atoms with van der Waals surface area (Å²) in [6, 6.07) is 15.0. The maximum atomic E-state index is 11.7. The van der Waals surface area contributed by atoms with Crippen LogP contribution >= 0.6 is 0 Å². The Labute approximate surface area is 161 Å². The first kappa shape index (κ1) is 19.2. The number of ether oxygens (including phenoxy) is 1. The normalized spacial score (nSPS) is 15.8. The lowest BCUT2D eigenvalue weighted by Crippen LogP contribution is -2.46. The molecule has 2 aromatic rings. The summed E-state index contributed by atoms with van der Waals surface area (Å²) in [5, 5.41) is 5.93. The second kappa shape index (κ2) is 9.40. The Morgan fingerprint density at radius 2 is 1.93 bits per heavy atom. The first-order valence-corrected chi connectivity index (χ1v) is 9.80. The number of hydrogen-bond donors (Lipinski definition) is 1. The summed E-state index contributed by atoms with van der Waals surface area (Å²) in [6.07, 6.45) is 2.56. The number of benzene rings is 2. The number of nitrogens with zero attached hydrogens (tertiary/aromatic N) is 2. The largest absolute Gasteiger partial charge is 0.469 e. The van der Waals surface area contributed by atoms with Gasteiger partial charge >= 0.3 is 5.97 Å². The van der Waals surface area contributed by atoms with Crippen molar-refractivity contribution >= 4 is 22.7 Å². The fraction of sp³-hybridized carbons (Fsp3) is 0.455. The summed E-state index contributed by atoms with van der Waals surface area (Å²) in [5.41, 5.74) is 1.30. The lowest BCUT2D eigenvalue weighted by atomic mass is 9.97. The van der Waals surface area contributed by atoms with E-state index in [9.17, 15) is 4.79 Å². The van der Waals surface area contributed by atoms with E-state index in [0.717, 1.165) is 51.4 Å². The van der Waals surface area contributed by atoms with E-state index in [1.54, 1.807) is 0 Å². The van der Waals surface area contributed by atoms with Gasteiger partial charge in [-0.05, 0) is 42.5 Å². The highest BCUT2D eigenvalue weighted by atomic mass is 16.5. The molecular formula is C22H29N3O2. The van der Waals surface area contributed by atoms with Crippen molar-refractivity contribution in [1.29, 1.82) is 0 Å². The second-order valence-electron chi connectivity index (χ2n) is 6.95. The maximum Gasteiger partial charge on any atom is 0.308 e. The number of hydrogen-bond acceptors (Lipinski definition) is 3. The van der Waals surface area contributed by atoms with Crippen molar-refractivity contribution in [2.75, 3.05) is 33.3 Å². The Hall–Kier alpha value is -2.56. The lowest BCUT2D eigenvalue weighted by molar-refractivity contribution is -0.146. The molecule has 5 nitrogen and oxygen atoms in total. The van der Waals surface area contributed by atoms with Gasteiger partial charge in [-0.3, -0.25) is 9.79 Å². The van der Waals surface area contributed by atoms with E-state index in [0.29, 0.717) is 0 Å². The van der Waals surface area contributed by atoms with Crippen molar-refractivity contribution in [3.05, 3.63) is 48.0 Å². The first-order chi connectivity index (χ1) is 13.2. The molecule has 0 atom stereocenters. The molecule has 144 valence electrons. The summed E-state index contributed by atoms with van der Waals surface area (Å²) in [5.74, 6) is 0.876. The van der Waals surface area contributed by atoms with E-state index in [1.807, 2.05) is 0 Å². The van der Waals surface area contributed by atoms with Crippen LogP contribution in [-0.4, -0.2) is 50.1 Å². The number of nitrogens with one attached hydrogen (secondary N) is 1. The standard InChI is InChI=1S/C22H29N3O2/c1-3-23-22(25-14-11-19(12-15-25)21(26)27-2)24-13-10-17-8-9-18-6-4-5-7-20(18)16-17/h4-9,16,19H,3,10-15H2,1-2H3,(H,23,24). The minimum Gasteiger partial charge on any atom is -0.469 e. The Morgan fingerprint density at radius 1 is 1.19 bits per heavy atom. The fourth-order valence-electron chi connectivity index (χ4n) is 3.60. The smallest absolute Gasteiger partial charge is 0.308 e. The Bertz CT molecular complexity index is 795. The summed E-state index contributed by atoms with van der Waals surface area (Å²) in [4.78, 5) is 18.8. The molecular weight excluding hydrogens is 338 g/mol. The number of fused-ring (bicyclic) bond motifs is 1. The molecule has 0 radical (unpaired) electrons. The summed E-state index contributed by atoms with van der Waals surface area (Å²) in [7, 11) is 1.47. The van der Waals surface area contributed by atoms with E-state index in [2.05, 4.69) is 59.6 Å². The molecule has 1 heterocycles. The summed E-state index contributed by atoms with van der Waals surface area (Å²) < 4.78 is 4.87. The van der Waals surface area contributed by atoms with Gasteiger partial charge < -0.3 is 15.0 Å². The lowest BCUT2D eigenvalue weighted by Gasteiger charge is -2.33. The molecule has 3 rings (SSSR count). The molecule has 0 aromatic heterocycles. The van der Waals surface area contributed by atoms with Crippen molar-refractivity contribution in [2.24, 2.45) is 10.9 Å². The molecule has 1 fully saturated rings. The first-order valence-electron chi connectivity index (χ1n) is 9.80. The fourth-order valence-corrected chi connectivity index (χ4v) is 3.60. The zero-order chi connectivity index (χ0) is 19.1. The number of likely N-dealkylation sites (tertiary alicyclic amines) is 1. The number of guanidine groups is 1. The highest BCUT2D eigenvalue weighted by Gasteiger charge is 2.26. The predicted molar refractivity (Wildman–Crippen MR) is 110 cm³/mol. The Morgan fingerprint density at radius 3 is 2.63 bits per heavy atom. The molecule has 1 saturated heterocycles. The number of piperidine rings is 1. The van der Waals surface area contributed by atoms with Gasteiger partial charge in [0, 0.05) is 26.2 Å². The van der Waals surface area contributed by atoms with Crippen LogP contribution in [0.3, 0.4) is 0 Å². The zero-order valence-electron chi connectivity index (χ0n) is 16.3. The highest BCUT2D eigenvalue weighted by molar-refractivity contribution is 5.83. The third kappa shape index (κ3) is 5.00. The van der Waals surface area contributed by atoms with Crippen LogP contribution in [0, 0.1) is 5.92 Å². The minimum absolute atomic E-state index is 0.0201. The van der Waals surface area contributed by atoms with Crippen LogP contribution in [0.1, 0.15) is 25.3 Å². The molecule has 27 heavy (non-hydrogen) atoms. The van der Waals surface area contributed by atoms with E-state index in [1.165, 1.54) is 23.4 Å². The average Bonchev–Trinajstić information content (AvgIpc) is 2.72. The Kier molecular flexibility index (Phi) is 6.69. The van der Waals surface area contributed by atoms with Gasteiger partial charge in [-0.1, -0.05) is 42.5 Å². The van der Waals surface area contributed by atoms with Crippen LogP contribution < -0.4 is 5.32 Å². The summed E-state index contributed by atoms with van der Waals surface area (Å²) in [6.45, 7) is 5.34. The number of carbonyl (C=O) groups excluding carboxylic acids is 1. The van der Waals surface area contributed by atoms with Crippen molar-refractivity contribution in [1.82, 2.24) is 10.2 Å². The zero-order valence-corrected chi connectivity index (χ0v) is 16.3. The number of esters is 1. The van der Waals surface area contributed by atoms with Crippen LogP contribution in [0.2, 0.25) is 0 Å². The molecule has 2 aromatic carbocycles. The van der Waals surface area contributed by atoms with Crippen LogP contribution in [-0.2, 0) is 16.0 Å². The van der Waals surface area contributed by atoms with Crippen LogP contribution in [0.25, 0.3) is 10.8 Å². The van der Waals surface area contributed by atoms with E-state index >= 15 is 0 Å². The number of methoxy groups -OCH3 is 1. The van der Waals surface area contributed by atoms with E-state index in [4.69, 9.17) is 9.73 Å². The maximum absolute atomic E-state index is 11.7. The van der Waals surface area contributed by atoms with Crippen molar-refractivity contribution in [2.45, 2.75) is 26.2 Å². The van der Waals surface area contributed by atoms with Crippen molar-refractivity contribution in [3.8, 4) is 0 Å². The monoisotopic (exact) mass is 367 g/mol. The number of rotatable bonds is 5. The van der Waals surface area contributed by atoms with Gasteiger partial charge in [0.2, 0.25) is 0 Å². The summed E-state index contributed by atoms with van der Waals surface area (Å²) >= 11 is 0.